The number of benzene rings is 1. The second-order valence-electron chi connectivity index (χ2n) is 4.05. The minimum Gasteiger partial charge on any atom is -0.494 e. The summed E-state index contributed by atoms with van der Waals surface area (Å²) in [7, 11) is 0. The Balaban J connectivity index is 1.76. The summed E-state index contributed by atoms with van der Waals surface area (Å²) in [5.41, 5.74) is 0. The molecule has 1 amide bonds. The molecule has 106 valence electrons. The molecule has 0 radical (unpaired) electrons. The van der Waals surface area contributed by atoms with Gasteiger partial charge in [0.1, 0.15) is 17.3 Å². The van der Waals surface area contributed by atoms with Gasteiger partial charge in [-0.15, -0.1) is 0 Å². The van der Waals surface area contributed by atoms with Gasteiger partial charge in [-0.05, 0) is 31.2 Å². The standard InChI is InChI=1S/C15H17NO4/c1-2-18-12-5-3-6-13(9-12)20-11-15(17)16-10-14-7-4-8-19-14/h3-9H,2,10-11H2,1H3,(H,16,17). The predicted octanol–water partition coefficient (Wildman–Crippen LogP) is 2.37. The summed E-state index contributed by atoms with van der Waals surface area (Å²) in [6.45, 7) is 2.81. The van der Waals surface area contributed by atoms with Crippen LogP contribution in [-0.2, 0) is 11.3 Å². The summed E-state index contributed by atoms with van der Waals surface area (Å²) in [6.07, 6.45) is 1.57. The number of ether oxygens (including phenoxy) is 2. The van der Waals surface area contributed by atoms with Crippen LogP contribution in [0, 0.1) is 0 Å². The van der Waals surface area contributed by atoms with Crippen LogP contribution in [0.25, 0.3) is 0 Å². The quantitative estimate of drug-likeness (QED) is 0.842. The molecule has 0 saturated heterocycles. The van der Waals surface area contributed by atoms with E-state index in [-0.39, 0.29) is 12.5 Å². The highest BCUT2D eigenvalue weighted by Gasteiger charge is 2.04. The normalized spacial score (nSPS) is 10.1. The Morgan fingerprint density at radius 2 is 2.00 bits per heavy atom. The lowest BCUT2D eigenvalue weighted by Crippen LogP contribution is -2.28. The van der Waals surface area contributed by atoms with Gasteiger partial charge in [0.05, 0.1) is 19.4 Å². The number of carbonyl (C=O) groups excluding carboxylic acids is 1. The average molecular weight is 275 g/mol. The third-order valence-electron chi connectivity index (χ3n) is 2.53. The van der Waals surface area contributed by atoms with Crippen molar-refractivity contribution in [3.05, 3.63) is 48.4 Å². The van der Waals surface area contributed by atoms with Gasteiger partial charge < -0.3 is 19.2 Å². The minimum atomic E-state index is -0.205. The van der Waals surface area contributed by atoms with Crippen LogP contribution in [0.15, 0.2) is 47.1 Å². The van der Waals surface area contributed by atoms with E-state index in [1.54, 1.807) is 30.5 Å². The molecule has 1 heterocycles. The number of nitrogens with one attached hydrogen (secondary N) is 1. The first kappa shape index (κ1) is 14.0. The van der Waals surface area contributed by atoms with Crippen molar-refractivity contribution in [1.82, 2.24) is 5.32 Å². The Bertz CT molecular complexity index is 537. The summed E-state index contributed by atoms with van der Waals surface area (Å²) in [4.78, 5) is 11.6. The third kappa shape index (κ3) is 4.35. The summed E-state index contributed by atoms with van der Waals surface area (Å²) < 4.78 is 15.9. The lowest BCUT2D eigenvalue weighted by atomic mass is 10.3. The molecule has 20 heavy (non-hydrogen) atoms. The highest BCUT2D eigenvalue weighted by molar-refractivity contribution is 5.77. The van der Waals surface area contributed by atoms with E-state index in [1.165, 1.54) is 0 Å². The zero-order chi connectivity index (χ0) is 14.2. The highest BCUT2D eigenvalue weighted by Crippen LogP contribution is 2.19. The van der Waals surface area contributed by atoms with Crippen molar-refractivity contribution in [1.29, 1.82) is 0 Å². The molecule has 0 aliphatic heterocycles. The molecular formula is C15H17NO4. The van der Waals surface area contributed by atoms with Gasteiger partial charge in [-0.3, -0.25) is 4.79 Å². The van der Waals surface area contributed by atoms with Crippen molar-refractivity contribution in [3.63, 3.8) is 0 Å². The largest absolute Gasteiger partial charge is 0.494 e. The fourth-order valence-corrected chi connectivity index (χ4v) is 1.62. The van der Waals surface area contributed by atoms with Crippen molar-refractivity contribution < 1.29 is 18.7 Å². The first-order valence-corrected chi connectivity index (χ1v) is 6.42. The summed E-state index contributed by atoms with van der Waals surface area (Å²) in [5, 5.41) is 2.71. The molecule has 0 fully saturated rings. The van der Waals surface area contributed by atoms with Crippen LogP contribution in [0.5, 0.6) is 11.5 Å². The zero-order valence-electron chi connectivity index (χ0n) is 11.3. The third-order valence-corrected chi connectivity index (χ3v) is 2.53. The van der Waals surface area contributed by atoms with Crippen LogP contribution in [0.3, 0.4) is 0 Å². The van der Waals surface area contributed by atoms with E-state index in [1.807, 2.05) is 19.1 Å². The maximum absolute atomic E-state index is 11.6. The molecule has 1 aromatic heterocycles. The Morgan fingerprint density at radius 3 is 2.70 bits per heavy atom. The summed E-state index contributed by atoms with van der Waals surface area (Å²) in [6, 6.07) is 10.8. The van der Waals surface area contributed by atoms with E-state index < -0.39 is 0 Å². The Labute approximate surface area is 117 Å². The van der Waals surface area contributed by atoms with Gasteiger partial charge in [-0.25, -0.2) is 0 Å². The van der Waals surface area contributed by atoms with E-state index in [0.29, 0.717) is 24.7 Å². The van der Waals surface area contributed by atoms with Gasteiger partial charge in [0.2, 0.25) is 0 Å². The molecule has 2 aromatic rings. The van der Waals surface area contributed by atoms with E-state index in [4.69, 9.17) is 13.9 Å². The van der Waals surface area contributed by atoms with E-state index in [9.17, 15) is 4.79 Å². The van der Waals surface area contributed by atoms with Crippen LogP contribution in [0.4, 0.5) is 0 Å². The van der Waals surface area contributed by atoms with Crippen molar-refractivity contribution in [2.45, 2.75) is 13.5 Å². The van der Waals surface area contributed by atoms with Crippen LogP contribution in [-0.4, -0.2) is 19.1 Å². The van der Waals surface area contributed by atoms with Crippen LogP contribution >= 0.6 is 0 Å². The number of furan rings is 1. The molecule has 5 nitrogen and oxygen atoms in total. The van der Waals surface area contributed by atoms with Gasteiger partial charge in [-0.2, -0.15) is 0 Å². The lowest BCUT2D eigenvalue weighted by molar-refractivity contribution is -0.123. The maximum Gasteiger partial charge on any atom is 0.258 e. The molecule has 2 rings (SSSR count). The highest BCUT2D eigenvalue weighted by atomic mass is 16.5. The molecule has 1 N–H and O–H groups in total. The second kappa shape index (κ2) is 7.23. The molecule has 0 bridgehead atoms. The van der Waals surface area contributed by atoms with Gasteiger partial charge >= 0.3 is 0 Å². The van der Waals surface area contributed by atoms with Crippen molar-refractivity contribution in [3.8, 4) is 11.5 Å². The first-order valence-electron chi connectivity index (χ1n) is 6.42. The number of rotatable bonds is 7. The fourth-order valence-electron chi connectivity index (χ4n) is 1.62. The monoisotopic (exact) mass is 275 g/mol. The summed E-state index contributed by atoms with van der Waals surface area (Å²) in [5.74, 6) is 1.82. The number of hydrogen-bond donors (Lipinski definition) is 1. The molecular weight excluding hydrogens is 258 g/mol. The number of carbonyl (C=O) groups is 1. The van der Waals surface area contributed by atoms with Gasteiger partial charge in [0.15, 0.2) is 6.61 Å². The van der Waals surface area contributed by atoms with Crippen molar-refractivity contribution >= 4 is 5.91 Å². The Kier molecular flexibility index (Phi) is 5.06. The number of hydrogen-bond acceptors (Lipinski definition) is 4. The van der Waals surface area contributed by atoms with Gasteiger partial charge in [0, 0.05) is 6.07 Å². The molecule has 0 unspecified atom stereocenters. The van der Waals surface area contributed by atoms with Crippen molar-refractivity contribution in [2.24, 2.45) is 0 Å². The number of amides is 1. The molecule has 0 aliphatic rings. The Hall–Kier alpha value is -2.43. The van der Waals surface area contributed by atoms with E-state index in [2.05, 4.69) is 5.32 Å². The molecule has 0 aliphatic carbocycles. The van der Waals surface area contributed by atoms with E-state index in [0.717, 1.165) is 5.75 Å². The SMILES string of the molecule is CCOc1cccc(OCC(=O)NCc2ccco2)c1. The smallest absolute Gasteiger partial charge is 0.258 e. The van der Waals surface area contributed by atoms with Crippen LogP contribution in [0.2, 0.25) is 0 Å². The topological polar surface area (TPSA) is 60.7 Å². The molecule has 0 spiro atoms. The summed E-state index contributed by atoms with van der Waals surface area (Å²) >= 11 is 0. The zero-order valence-corrected chi connectivity index (χ0v) is 11.3. The molecule has 5 heteroatoms. The minimum absolute atomic E-state index is 0.0454. The molecule has 1 aromatic carbocycles. The second-order valence-corrected chi connectivity index (χ2v) is 4.05. The van der Waals surface area contributed by atoms with Crippen molar-refractivity contribution in [2.75, 3.05) is 13.2 Å². The Morgan fingerprint density at radius 1 is 1.20 bits per heavy atom. The van der Waals surface area contributed by atoms with Gasteiger partial charge in [-0.1, -0.05) is 6.07 Å². The fraction of sp³-hybridized carbons (Fsp3) is 0.267. The first-order chi connectivity index (χ1) is 9.78. The predicted molar refractivity (Wildman–Crippen MR) is 73.7 cm³/mol. The van der Waals surface area contributed by atoms with Gasteiger partial charge in [0.25, 0.3) is 5.91 Å². The molecule has 0 saturated carbocycles. The average Bonchev–Trinajstić information content (AvgIpc) is 2.97. The lowest BCUT2D eigenvalue weighted by Gasteiger charge is -2.08. The van der Waals surface area contributed by atoms with Crippen LogP contribution < -0.4 is 14.8 Å². The maximum atomic E-state index is 11.6. The van der Waals surface area contributed by atoms with Crippen LogP contribution in [0.1, 0.15) is 12.7 Å². The molecule has 0 atom stereocenters. The van der Waals surface area contributed by atoms with E-state index >= 15 is 0 Å².